The molecule has 2 heteroatoms. The average Bonchev–Trinajstić information content (AvgIpc) is 2.62. The zero-order valence-corrected chi connectivity index (χ0v) is 11.2. The number of Topliss-reactive ketones (excluding diaryl/α,β-unsaturated/α-hetero) is 1. The van der Waals surface area contributed by atoms with E-state index in [1.54, 1.807) is 12.1 Å². The fourth-order valence-corrected chi connectivity index (χ4v) is 2.63. The number of phenolic OH excluding ortho intramolecular Hbond substituents is 1. The van der Waals surface area contributed by atoms with E-state index < -0.39 is 0 Å². The Morgan fingerprint density at radius 2 is 1.70 bits per heavy atom. The minimum atomic E-state index is 0.131. The first kappa shape index (κ1) is 12.7. The van der Waals surface area contributed by atoms with Gasteiger partial charge in [0.15, 0.2) is 5.78 Å². The van der Waals surface area contributed by atoms with E-state index in [4.69, 9.17) is 0 Å². The molecule has 100 valence electrons. The number of aryl methyl sites for hydroxylation is 1. The predicted octanol–water partition coefficient (Wildman–Crippen LogP) is 3.99. The highest BCUT2D eigenvalue weighted by Crippen LogP contribution is 2.26. The van der Waals surface area contributed by atoms with Crippen molar-refractivity contribution in [2.75, 3.05) is 0 Å². The summed E-state index contributed by atoms with van der Waals surface area (Å²) in [5.74, 6) is 0.371. The molecule has 20 heavy (non-hydrogen) atoms. The van der Waals surface area contributed by atoms with E-state index in [-0.39, 0.29) is 11.5 Å². The molecule has 1 aliphatic carbocycles. The molecule has 2 nitrogen and oxygen atoms in total. The van der Waals surface area contributed by atoms with E-state index in [0.717, 1.165) is 41.5 Å². The van der Waals surface area contributed by atoms with Crippen LogP contribution in [-0.4, -0.2) is 10.9 Å². The van der Waals surface area contributed by atoms with Gasteiger partial charge in [0.1, 0.15) is 5.75 Å². The predicted molar refractivity (Wildman–Crippen MR) is 79.8 cm³/mol. The third-order valence-electron chi connectivity index (χ3n) is 3.68. The molecule has 1 aliphatic rings. The van der Waals surface area contributed by atoms with E-state index in [9.17, 15) is 9.90 Å². The molecule has 0 aromatic heterocycles. The zero-order chi connectivity index (χ0) is 13.9. The maximum Gasteiger partial charge on any atom is 0.189 e. The summed E-state index contributed by atoms with van der Waals surface area (Å²) in [6.07, 6.45) is 4.68. The van der Waals surface area contributed by atoms with Crippen molar-refractivity contribution in [3.05, 3.63) is 70.8 Å². The zero-order valence-electron chi connectivity index (χ0n) is 11.2. The molecule has 0 saturated carbocycles. The van der Waals surface area contributed by atoms with Gasteiger partial charge < -0.3 is 5.11 Å². The summed E-state index contributed by atoms with van der Waals surface area (Å²) in [6.45, 7) is 0. The van der Waals surface area contributed by atoms with Crippen LogP contribution in [0.3, 0.4) is 0 Å². The Kier molecular flexibility index (Phi) is 3.38. The Bertz CT molecular complexity index is 666. The minimum absolute atomic E-state index is 0.131. The van der Waals surface area contributed by atoms with Crippen molar-refractivity contribution >= 4 is 11.9 Å². The first-order valence-electron chi connectivity index (χ1n) is 6.86. The highest BCUT2D eigenvalue weighted by molar-refractivity contribution is 6.12. The lowest BCUT2D eigenvalue weighted by Gasteiger charge is -2.05. The molecule has 0 amide bonds. The van der Waals surface area contributed by atoms with E-state index in [2.05, 4.69) is 0 Å². The highest BCUT2D eigenvalue weighted by atomic mass is 16.3. The quantitative estimate of drug-likeness (QED) is 0.624. The molecule has 1 N–H and O–H groups in total. The lowest BCUT2D eigenvalue weighted by atomic mass is 9.98. The first-order chi connectivity index (χ1) is 9.74. The third-order valence-corrected chi connectivity index (χ3v) is 3.68. The maximum atomic E-state index is 12.6. The monoisotopic (exact) mass is 264 g/mol. The van der Waals surface area contributed by atoms with Crippen LogP contribution in [0.4, 0.5) is 0 Å². The molecule has 0 fully saturated rings. The summed E-state index contributed by atoms with van der Waals surface area (Å²) in [5.41, 5.74) is 3.77. The largest absolute Gasteiger partial charge is 0.508 e. The maximum absolute atomic E-state index is 12.6. The van der Waals surface area contributed by atoms with Crippen LogP contribution >= 0.6 is 0 Å². The molecule has 0 heterocycles. The van der Waals surface area contributed by atoms with Crippen LogP contribution in [0.15, 0.2) is 54.1 Å². The molecular formula is C18H16O2. The lowest BCUT2D eigenvalue weighted by molar-refractivity contribution is 0.103. The van der Waals surface area contributed by atoms with Crippen LogP contribution in [0.25, 0.3) is 6.08 Å². The number of hydrogen-bond acceptors (Lipinski definition) is 2. The average molecular weight is 264 g/mol. The second-order valence-electron chi connectivity index (χ2n) is 5.10. The summed E-state index contributed by atoms with van der Waals surface area (Å²) < 4.78 is 0. The van der Waals surface area contributed by atoms with Gasteiger partial charge in [0, 0.05) is 11.1 Å². The van der Waals surface area contributed by atoms with Gasteiger partial charge in [-0.05, 0) is 48.6 Å². The summed E-state index contributed by atoms with van der Waals surface area (Å²) in [5, 5.41) is 9.30. The van der Waals surface area contributed by atoms with Crippen molar-refractivity contribution in [1.29, 1.82) is 0 Å². The van der Waals surface area contributed by atoms with E-state index >= 15 is 0 Å². The second-order valence-corrected chi connectivity index (χ2v) is 5.10. The van der Waals surface area contributed by atoms with Gasteiger partial charge in [-0.3, -0.25) is 4.79 Å². The molecule has 0 aliphatic heterocycles. The van der Waals surface area contributed by atoms with Crippen LogP contribution in [0.5, 0.6) is 5.75 Å². The van der Waals surface area contributed by atoms with E-state index in [1.807, 2.05) is 42.5 Å². The van der Waals surface area contributed by atoms with Gasteiger partial charge in [0.2, 0.25) is 0 Å². The summed E-state index contributed by atoms with van der Waals surface area (Å²) in [4.78, 5) is 12.6. The smallest absolute Gasteiger partial charge is 0.189 e. The van der Waals surface area contributed by atoms with Crippen LogP contribution < -0.4 is 0 Å². The van der Waals surface area contributed by atoms with Gasteiger partial charge in [0.05, 0.1) is 0 Å². The Hall–Kier alpha value is -2.35. The molecule has 0 bridgehead atoms. The SMILES string of the molecule is O=C1C(=Cc2ccc(O)cc2)CCCc2ccccc21. The summed E-state index contributed by atoms with van der Waals surface area (Å²) >= 11 is 0. The fraction of sp³-hybridized carbons (Fsp3) is 0.167. The topological polar surface area (TPSA) is 37.3 Å². The molecule has 2 aromatic carbocycles. The van der Waals surface area contributed by atoms with Gasteiger partial charge >= 0.3 is 0 Å². The van der Waals surface area contributed by atoms with E-state index in [0.29, 0.717) is 0 Å². The van der Waals surface area contributed by atoms with Crippen molar-refractivity contribution in [3.63, 3.8) is 0 Å². The normalized spacial score (nSPS) is 16.8. The molecular weight excluding hydrogens is 248 g/mol. The fourth-order valence-electron chi connectivity index (χ4n) is 2.63. The number of hydrogen-bond donors (Lipinski definition) is 1. The minimum Gasteiger partial charge on any atom is -0.508 e. The second kappa shape index (κ2) is 5.33. The van der Waals surface area contributed by atoms with Gasteiger partial charge in [-0.2, -0.15) is 0 Å². The standard InChI is InChI=1S/C18H16O2/c19-16-10-8-13(9-11-16)12-15-6-3-5-14-4-1-2-7-17(14)18(15)20/h1-2,4,7-12,19H,3,5-6H2. The molecule has 0 radical (unpaired) electrons. The number of carbonyl (C=O) groups is 1. The Balaban J connectivity index is 1.98. The first-order valence-corrected chi connectivity index (χ1v) is 6.86. The molecule has 0 atom stereocenters. The van der Waals surface area contributed by atoms with Crippen LogP contribution in [0, 0.1) is 0 Å². The number of allylic oxidation sites excluding steroid dienone is 1. The summed E-state index contributed by atoms with van der Waals surface area (Å²) in [7, 11) is 0. The van der Waals surface area contributed by atoms with Gasteiger partial charge in [-0.25, -0.2) is 0 Å². The third kappa shape index (κ3) is 2.50. The van der Waals surface area contributed by atoms with Gasteiger partial charge in [-0.1, -0.05) is 36.4 Å². The van der Waals surface area contributed by atoms with Gasteiger partial charge in [0.25, 0.3) is 0 Å². The van der Waals surface area contributed by atoms with Crippen LogP contribution in [0.2, 0.25) is 0 Å². The van der Waals surface area contributed by atoms with Gasteiger partial charge in [-0.15, -0.1) is 0 Å². The highest BCUT2D eigenvalue weighted by Gasteiger charge is 2.19. The van der Waals surface area contributed by atoms with Crippen molar-refractivity contribution in [3.8, 4) is 5.75 Å². The number of fused-ring (bicyclic) bond motifs is 1. The Morgan fingerprint density at radius 1 is 0.950 bits per heavy atom. The van der Waals surface area contributed by atoms with Crippen LogP contribution in [0.1, 0.15) is 34.3 Å². The van der Waals surface area contributed by atoms with Crippen molar-refractivity contribution in [1.82, 2.24) is 0 Å². The number of aromatic hydroxyl groups is 1. The molecule has 2 aromatic rings. The Labute approximate surface area is 118 Å². The number of benzene rings is 2. The van der Waals surface area contributed by atoms with Crippen molar-refractivity contribution in [2.24, 2.45) is 0 Å². The Morgan fingerprint density at radius 3 is 2.50 bits per heavy atom. The summed E-state index contributed by atoms with van der Waals surface area (Å²) in [6, 6.07) is 14.8. The molecule has 0 unspecified atom stereocenters. The van der Waals surface area contributed by atoms with Crippen LogP contribution in [-0.2, 0) is 6.42 Å². The number of ketones is 1. The van der Waals surface area contributed by atoms with E-state index in [1.165, 1.54) is 0 Å². The molecule has 0 saturated heterocycles. The van der Waals surface area contributed by atoms with Crippen molar-refractivity contribution < 1.29 is 9.90 Å². The number of carbonyl (C=O) groups excluding carboxylic acids is 1. The number of rotatable bonds is 1. The lowest BCUT2D eigenvalue weighted by Crippen LogP contribution is -2.03. The number of phenols is 1. The molecule has 3 rings (SSSR count). The van der Waals surface area contributed by atoms with Crippen molar-refractivity contribution in [2.45, 2.75) is 19.3 Å². The molecule has 0 spiro atoms.